The second-order valence-corrected chi connectivity index (χ2v) is 39.5. The number of para-hydroxylation sites is 3. The molecule has 9 fully saturated rings. The molecule has 9 N–H and O–H groups in total. The lowest BCUT2D eigenvalue weighted by molar-refractivity contribution is -0.140. The van der Waals surface area contributed by atoms with Crippen LogP contribution in [-0.2, 0) is 53.1 Å². The number of nitrogens with one attached hydrogen (secondary N) is 9. The highest BCUT2D eigenvalue weighted by Gasteiger charge is 2.43. The number of likely N-dealkylation sites (tertiary alicyclic amines) is 9. The quantitative estimate of drug-likeness (QED) is 0.0254. The third-order valence-electron chi connectivity index (χ3n) is 30.5. The highest BCUT2D eigenvalue weighted by Crippen LogP contribution is 2.35. The van der Waals surface area contributed by atoms with Gasteiger partial charge in [0.25, 0.3) is 0 Å². The van der Waals surface area contributed by atoms with Crippen LogP contribution in [-0.4, -0.2) is 322 Å². The normalized spacial score (nSPS) is 20.1. The van der Waals surface area contributed by atoms with E-state index in [9.17, 15) is 66.7 Å². The number of piperidine rings is 9. The summed E-state index contributed by atoms with van der Waals surface area (Å²) in [4.78, 5) is 196. The van der Waals surface area contributed by atoms with Gasteiger partial charge in [-0.25, -0.2) is 38.0 Å². The van der Waals surface area contributed by atoms with E-state index >= 15 is 0 Å². The van der Waals surface area contributed by atoms with Gasteiger partial charge in [-0.05, 0) is 269 Å². The Kier molecular flexibility index (Phi) is 35.7. The van der Waals surface area contributed by atoms with E-state index < -0.39 is 48.0 Å². The second kappa shape index (κ2) is 49.7. The smallest absolute Gasteiger partial charge is 0.338 e. The van der Waals surface area contributed by atoms with E-state index in [1.165, 1.54) is 82.1 Å². The third-order valence-corrected chi connectivity index (χ3v) is 30.5. The Balaban J connectivity index is 0.000000154. The van der Waals surface area contributed by atoms with Crippen molar-refractivity contribution in [1.29, 1.82) is 0 Å². The number of carbonyl (C=O) groups excluding carboxylic acids is 13. The summed E-state index contributed by atoms with van der Waals surface area (Å²) in [6, 6.07) is 38.0. The molecule has 0 bridgehead atoms. The molecule has 3 atom stereocenters. The summed E-state index contributed by atoms with van der Waals surface area (Å²) in [7, 11) is 1.57. The Labute approximate surface area is 836 Å². The standard InChI is InChI=1S/C37H49N7O6.C35H47N7O5.C34H44FN7O4/c1-2-50-35(47)26-10-12-28(13-11-26)38-36(48)39-32(34(46)43-22-14-29(15-23-43)41-18-6-3-7-19-41)24-33(45)42-20-16-30(17-21-42)44-25-27-8-4-5-9-31(27)40-37(44)49;1-47-29-11-9-26(10-12-29)36-34(45)37-31(33(44)41-21-13-27(14-22-41)39-17-5-2-6-18-39)23-32(43)40-19-15-28(16-20-40)42-24-25-7-3-4-8-30(25)38-35(42)46;35-25-8-10-26(11-9-25)36-33(45)37-30(32(44)41-20-12-27(13-21-41)39-16-4-1-5-17-39)22-31(43)40-18-14-28(15-19-40)42-23-24-6-2-3-7-29(24)38-34(42)46/h4-5,8-13,29-30,32H,2-3,6-7,14-25H2,1H3,(H,40,49)(H2,38,39,48);3-4,7-12,27-28,31H,2,5-6,13-24H2,1H3,(H,38,46)(H2,36,37,45);2-3,6-11,27-28,30H,1,4-5,12-23H2,(H,38,46)(H2,36,37,45)/t32-;31-;30-/m100/s1. The Bertz CT molecular complexity index is 5390. The topological polar surface area (TPSA) is 388 Å². The molecule has 143 heavy (non-hydrogen) atoms. The number of nitrogens with zero attached hydrogens (tertiary/aromatic N) is 12. The molecule has 0 spiro atoms. The van der Waals surface area contributed by atoms with Gasteiger partial charge in [0.2, 0.25) is 35.4 Å². The van der Waals surface area contributed by atoms with Gasteiger partial charge in [-0.2, -0.15) is 0 Å². The van der Waals surface area contributed by atoms with E-state index in [0.717, 1.165) is 112 Å². The van der Waals surface area contributed by atoms with Crippen LogP contribution < -0.4 is 52.6 Å². The van der Waals surface area contributed by atoms with Crippen LogP contribution in [0.15, 0.2) is 146 Å². The summed E-state index contributed by atoms with van der Waals surface area (Å²) in [5.41, 5.74) is 7.43. The van der Waals surface area contributed by atoms with Crippen molar-refractivity contribution in [2.45, 2.75) is 235 Å². The molecule has 9 saturated heterocycles. The Morgan fingerprint density at radius 2 is 0.601 bits per heavy atom. The molecule has 36 nitrogen and oxygen atoms in total. The lowest BCUT2D eigenvalue weighted by atomic mass is 9.98. The van der Waals surface area contributed by atoms with Crippen LogP contribution in [0.5, 0.6) is 5.75 Å². The van der Waals surface area contributed by atoms with Crippen LogP contribution in [0, 0.1) is 5.82 Å². The molecule has 12 heterocycles. The van der Waals surface area contributed by atoms with Crippen LogP contribution in [0.1, 0.15) is 188 Å². The first-order valence-electron chi connectivity index (χ1n) is 51.8. The molecule has 6 aromatic rings. The molecular formula is C106H140FN21O15. The number of benzene rings is 6. The molecule has 6 aromatic carbocycles. The molecule has 0 aliphatic carbocycles. The minimum atomic E-state index is -1.05. The van der Waals surface area contributed by atoms with Gasteiger partial charge >= 0.3 is 42.2 Å². The maximum absolute atomic E-state index is 14.0. The van der Waals surface area contributed by atoms with Crippen LogP contribution in [0.25, 0.3) is 0 Å². The number of hydrogen-bond acceptors (Lipinski definition) is 18. The molecule has 766 valence electrons. The SMILES string of the molecule is CCOC(=O)c1ccc(NC(=O)N[C@H](CC(=O)N2CCC(N3Cc4ccccc4NC3=O)CC2)C(=O)N2CCC(N3CCCCC3)CC2)cc1.COc1ccc(NC(=O)N[C@@H](CC(=O)N2CCC(N3Cc4ccccc4NC3=O)CC2)C(=O)N2CCC(N3CCCCC3)CC2)cc1.O=C(Nc1ccc(F)cc1)N[C@@H](CC(=O)N1CCC(N2Cc3ccccc3NC2=O)CC1)C(=O)N1CCC(N2CCCCC2)CC1. The number of hydrogen-bond donors (Lipinski definition) is 9. The van der Waals surface area contributed by atoms with Gasteiger partial charge < -0.3 is 116 Å². The van der Waals surface area contributed by atoms with Gasteiger partial charge in [0.15, 0.2) is 0 Å². The van der Waals surface area contributed by atoms with E-state index in [2.05, 4.69) is 62.6 Å². The predicted octanol–water partition coefficient (Wildman–Crippen LogP) is 12.6. The van der Waals surface area contributed by atoms with E-state index in [4.69, 9.17) is 9.47 Å². The average Bonchev–Trinajstić information content (AvgIpc) is 0.802. The summed E-state index contributed by atoms with van der Waals surface area (Å²) in [5.74, 6) is -1.57. The zero-order valence-corrected chi connectivity index (χ0v) is 82.4. The van der Waals surface area contributed by atoms with Gasteiger partial charge in [-0.3, -0.25) is 28.8 Å². The largest absolute Gasteiger partial charge is 0.497 e. The highest BCUT2D eigenvalue weighted by molar-refractivity contribution is 6.00. The number of urea groups is 6. The lowest BCUT2D eigenvalue weighted by Crippen LogP contribution is -2.56. The Morgan fingerprint density at radius 1 is 0.336 bits per heavy atom. The second-order valence-electron chi connectivity index (χ2n) is 39.5. The molecule has 0 saturated carbocycles. The maximum atomic E-state index is 14.0. The molecule has 12 aliphatic heterocycles. The average molecular weight is 1970 g/mol. The van der Waals surface area contributed by atoms with Crippen molar-refractivity contribution >= 4 is 112 Å². The van der Waals surface area contributed by atoms with Gasteiger partial charge in [0.1, 0.15) is 29.7 Å². The Hall–Kier alpha value is -13.2. The maximum Gasteiger partial charge on any atom is 0.338 e. The van der Waals surface area contributed by atoms with Crippen LogP contribution in [0.4, 0.5) is 67.3 Å². The molecule has 18 rings (SSSR count). The minimum Gasteiger partial charge on any atom is -0.497 e. The number of fused-ring (bicyclic) bond motifs is 3. The number of amides is 18. The van der Waals surface area contributed by atoms with Crippen LogP contribution >= 0.6 is 0 Å². The van der Waals surface area contributed by atoms with E-state index in [1.54, 1.807) is 87.1 Å². The first-order valence-corrected chi connectivity index (χ1v) is 51.8. The first kappa shape index (κ1) is 103. The number of rotatable bonds is 24. The highest BCUT2D eigenvalue weighted by atomic mass is 19.1. The van der Waals surface area contributed by atoms with Crippen molar-refractivity contribution in [3.05, 3.63) is 174 Å². The number of esters is 1. The summed E-state index contributed by atoms with van der Waals surface area (Å²) < 4.78 is 23.6. The van der Waals surface area contributed by atoms with Crippen molar-refractivity contribution in [1.82, 2.24) is 74.7 Å². The number of carbonyl (C=O) groups is 13. The number of anilines is 6. The summed E-state index contributed by atoms with van der Waals surface area (Å²) in [6.45, 7) is 16.6. The van der Waals surface area contributed by atoms with Crippen molar-refractivity contribution in [2.24, 2.45) is 0 Å². The number of ether oxygens (including phenoxy) is 2. The lowest BCUT2D eigenvalue weighted by Gasteiger charge is -2.41. The number of methoxy groups -OCH3 is 1. The molecule has 0 aromatic heterocycles. The number of halogens is 1. The fraction of sp³-hybridized carbons (Fsp3) is 0.538. The van der Waals surface area contributed by atoms with E-state index in [0.29, 0.717) is 183 Å². The van der Waals surface area contributed by atoms with Crippen molar-refractivity contribution in [3.8, 4) is 5.75 Å². The molecule has 37 heteroatoms. The zero-order chi connectivity index (χ0) is 99.8. The minimum absolute atomic E-state index is 0.00403. The summed E-state index contributed by atoms with van der Waals surface area (Å²) in [5, 5.41) is 25.5. The molecule has 12 aliphatic rings. The van der Waals surface area contributed by atoms with Crippen molar-refractivity contribution < 1.29 is 76.2 Å². The van der Waals surface area contributed by atoms with E-state index in [1.807, 2.05) is 92.4 Å². The van der Waals surface area contributed by atoms with Gasteiger partial charge in [-0.1, -0.05) is 73.9 Å². The van der Waals surface area contributed by atoms with E-state index in [-0.39, 0.29) is 97.5 Å². The molecular weight excluding hydrogens is 1830 g/mol. The molecule has 0 unspecified atom stereocenters. The van der Waals surface area contributed by atoms with Crippen molar-refractivity contribution in [2.75, 3.05) is 163 Å². The molecule has 18 amide bonds. The summed E-state index contributed by atoms with van der Waals surface area (Å²) >= 11 is 0. The van der Waals surface area contributed by atoms with Crippen LogP contribution in [0.3, 0.4) is 0 Å². The van der Waals surface area contributed by atoms with Gasteiger partial charge in [0.05, 0.1) is 38.5 Å². The monoisotopic (exact) mass is 1970 g/mol. The van der Waals surface area contributed by atoms with Gasteiger partial charge in [-0.15, -0.1) is 0 Å². The fourth-order valence-electron chi connectivity index (χ4n) is 22.3. The summed E-state index contributed by atoms with van der Waals surface area (Å²) in [6.07, 6.45) is 19.8. The van der Waals surface area contributed by atoms with Crippen LogP contribution in [0.2, 0.25) is 0 Å². The fourth-order valence-corrected chi connectivity index (χ4v) is 22.3. The predicted molar refractivity (Wildman–Crippen MR) is 540 cm³/mol. The molecule has 0 radical (unpaired) electrons. The third kappa shape index (κ3) is 27.4. The van der Waals surface area contributed by atoms with Crippen molar-refractivity contribution in [3.63, 3.8) is 0 Å². The Morgan fingerprint density at radius 3 is 0.888 bits per heavy atom. The van der Waals surface area contributed by atoms with Gasteiger partial charge in [0, 0.05) is 169 Å². The first-order chi connectivity index (χ1) is 69.5. The zero-order valence-electron chi connectivity index (χ0n) is 82.4.